The van der Waals surface area contributed by atoms with Crippen molar-refractivity contribution in [3.05, 3.63) is 0 Å². The zero-order valence-electron chi connectivity index (χ0n) is 16.1. The van der Waals surface area contributed by atoms with Crippen LogP contribution in [0.1, 0.15) is 32.1 Å². The molecular weight excluding hydrogens is 445 g/mol. The molecule has 8 N–H and O–H groups in total. The van der Waals surface area contributed by atoms with Crippen LogP contribution in [-0.2, 0) is 33.1 Å². The third kappa shape index (κ3) is 8.59. The zero-order valence-corrected chi connectivity index (χ0v) is 17.0. The van der Waals surface area contributed by atoms with E-state index in [1.54, 1.807) is 0 Å². The van der Waals surface area contributed by atoms with Gasteiger partial charge in [0.2, 0.25) is 5.91 Å². The van der Waals surface area contributed by atoms with E-state index in [-0.39, 0.29) is 19.3 Å². The minimum Gasteiger partial charge on any atom is -0.481 e. The molecule has 0 bridgehead atoms. The van der Waals surface area contributed by atoms with Gasteiger partial charge in [0, 0.05) is 25.8 Å². The zero-order chi connectivity index (χ0) is 23.9. The third-order valence-corrected chi connectivity index (χ3v) is 5.63. The Bertz CT molecular complexity index is 774. The number of carboxylic acids is 4. The summed E-state index contributed by atoms with van der Waals surface area (Å²) in [4.78, 5) is 67.0. The first-order chi connectivity index (χ1) is 14.2. The van der Waals surface area contributed by atoms with Crippen LogP contribution in [0.5, 0.6) is 0 Å². The molecular formula is C15H24N3O12P. The molecule has 1 saturated heterocycles. The number of rotatable bonds is 13. The lowest BCUT2D eigenvalue weighted by atomic mass is 10.1. The second-order valence-electron chi connectivity index (χ2n) is 6.82. The van der Waals surface area contributed by atoms with Crippen molar-refractivity contribution in [1.82, 2.24) is 9.99 Å². The van der Waals surface area contributed by atoms with E-state index in [0.717, 1.165) is 4.90 Å². The molecule has 5 atom stereocenters. The number of likely N-dealkylation sites (tertiary alicyclic amines) is 1. The molecule has 1 fully saturated rings. The molecule has 15 nitrogen and oxygen atoms in total. The molecule has 0 aromatic carbocycles. The van der Waals surface area contributed by atoms with Crippen molar-refractivity contribution in [1.29, 1.82) is 0 Å². The van der Waals surface area contributed by atoms with E-state index < -0.39 is 81.1 Å². The van der Waals surface area contributed by atoms with Crippen LogP contribution in [0.3, 0.4) is 0 Å². The molecule has 16 heteroatoms. The Kier molecular flexibility index (Phi) is 9.52. The van der Waals surface area contributed by atoms with Gasteiger partial charge in [-0.05, 0) is 12.8 Å². The summed E-state index contributed by atoms with van der Waals surface area (Å²) in [6.45, 7) is -0.419. The predicted octanol–water partition coefficient (Wildman–Crippen LogP) is -1.74. The van der Waals surface area contributed by atoms with Gasteiger partial charge in [-0.2, -0.15) is 0 Å². The third-order valence-electron chi connectivity index (χ3n) is 4.41. The van der Waals surface area contributed by atoms with Crippen LogP contribution in [0.2, 0.25) is 0 Å². The van der Waals surface area contributed by atoms with Gasteiger partial charge in [-0.3, -0.25) is 23.7 Å². The molecule has 1 heterocycles. The number of hydrogen-bond donors (Lipinski definition) is 7. The molecule has 0 aromatic rings. The van der Waals surface area contributed by atoms with Gasteiger partial charge < -0.3 is 36.0 Å². The molecule has 0 spiro atoms. The lowest BCUT2D eigenvalue weighted by Gasteiger charge is -2.22. The van der Waals surface area contributed by atoms with Gasteiger partial charge in [-0.15, -0.1) is 0 Å². The van der Waals surface area contributed by atoms with Crippen molar-refractivity contribution in [3.63, 3.8) is 0 Å². The molecule has 0 aliphatic carbocycles. The van der Waals surface area contributed by atoms with Crippen molar-refractivity contribution < 1.29 is 58.4 Å². The van der Waals surface area contributed by atoms with Crippen LogP contribution in [0.4, 0.5) is 0 Å². The predicted molar refractivity (Wildman–Crippen MR) is 98.7 cm³/mol. The molecule has 31 heavy (non-hydrogen) atoms. The van der Waals surface area contributed by atoms with E-state index in [1.807, 2.05) is 5.09 Å². The Labute approximate surface area is 175 Å². The number of nitrogens with zero attached hydrogens (tertiary/aromatic N) is 1. The standard InChI is InChI=1S/C15H24N3O12P/c16-8(13(22)23)1-3-11(19)18-6-7(5-10(18)15(26)27)30-31(28,29)17-9(14(24)25)2-4-12(20)21/h7-10H,1-6,16H2,(H,20,21)(H,22,23)(H,24,25)(H,26,27)(H2,17,28,29)/t7-,8+,9+,10+/m1/s1. The fraction of sp³-hybridized carbons (Fsp3) is 0.667. The summed E-state index contributed by atoms with van der Waals surface area (Å²) < 4.78 is 17.2. The van der Waals surface area contributed by atoms with E-state index in [4.69, 9.17) is 25.6 Å². The van der Waals surface area contributed by atoms with Crippen LogP contribution in [0.25, 0.3) is 0 Å². The van der Waals surface area contributed by atoms with E-state index in [1.165, 1.54) is 0 Å². The number of carbonyl (C=O) groups excluding carboxylic acids is 1. The first-order valence-corrected chi connectivity index (χ1v) is 10.6. The van der Waals surface area contributed by atoms with E-state index >= 15 is 0 Å². The average Bonchev–Trinajstić information content (AvgIpc) is 3.05. The number of carbonyl (C=O) groups is 5. The molecule has 176 valence electrons. The summed E-state index contributed by atoms with van der Waals surface area (Å²) in [5, 5.41) is 37.5. The molecule has 0 saturated carbocycles. The summed E-state index contributed by atoms with van der Waals surface area (Å²) in [6.07, 6.45) is -3.40. The highest BCUT2D eigenvalue weighted by atomic mass is 31.2. The first-order valence-electron chi connectivity index (χ1n) is 8.97. The Balaban J connectivity index is 2.79. The highest BCUT2D eigenvalue weighted by Gasteiger charge is 2.43. The molecule has 0 aromatic heterocycles. The highest BCUT2D eigenvalue weighted by molar-refractivity contribution is 7.50. The Morgan fingerprint density at radius 3 is 2.16 bits per heavy atom. The fourth-order valence-corrected chi connectivity index (χ4v) is 4.12. The van der Waals surface area contributed by atoms with Gasteiger partial charge in [0.15, 0.2) is 0 Å². The number of aliphatic carboxylic acids is 4. The highest BCUT2D eigenvalue weighted by Crippen LogP contribution is 2.42. The maximum atomic E-state index is 12.3. The normalized spacial score (nSPS) is 22.3. The summed E-state index contributed by atoms with van der Waals surface area (Å²) in [7, 11) is -4.82. The van der Waals surface area contributed by atoms with E-state index in [2.05, 4.69) is 0 Å². The van der Waals surface area contributed by atoms with Crippen LogP contribution in [0, 0.1) is 0 Å². The SMILES string of the molecule is N[C@@H](CCC(=O)N1C[C@H](OP(=O)(O)N[C@@H](CCC(=O)O)C(=O)O)C[C@H]1C(=O)O)C(=O)O. The maximum absolute atomic E-state index is 12.3. The second-order valence-corrected chi connectivity index (χ2v) is 8.33. The monoisotopic (exact) mass is 469 g/mol. The Hall–Kier alpha value is -2.58. The number of nitrogens with one attached hydrogen (secondary N) is 1. The minimum atomic E-state index is -4.82. The fourth-order valence-electron chi connectivity index (χ4n) is 2.87. The van der Waals surface area contributed by atoms with Crippen molar-refractivity contribution >= 4 is 37.5 Å². The molecule has 1 rings (SSSR count). The minimum absolute atomic E-state index is 0.257. The summed E-state index contributed by atoms with van der Waals surface area (Å²) in [6, 6.07) is -4.47. The lowest BCUT2D eigenvalue weighted by molar-refractivity contribution is -0.148. The van der Waals surface area contributed by atoms with E-state index in [0.29, 0.717) is 0 Å². The van der Waals surface area contributed by atoms with E-state index in [9.17, 15) is 38.5 Å². The van der Waals surface area contributed by atoms with Gasteiger partial charge >= 0.3 is 31.6 Å². The second kappa shape index (κ2) is 11.2. The van der Waals surface area contributed by atoms with Crippen LogP contribution in [-0.4, -0.2) is 90.8 Å². The molecule has 1 amide bonds. The van der Waals surface area contributed by atoms with Gasteiger partial charge in [-0.1, -0.05) is 0 Å². The summed E-state index contributed by atoms with van der Waals surface area (Å²) in [5.74, 6) is -6.43. The lowest BCUT2D eigenvalue weighted by Crippen LogP contribution is -2.41. The Morgan fingerprint density at radius 1 is 1.06 bits per heavy atom. The smallest absolute Gasteiger partial charge is 0.404 e. The van der Waals surface area contributed by atoms with Crippen molar-refractivity contribution in [2.75, 3.05) is 6.54 Å². The number of amides is 1. The maximum Gasteiger partial charge on any atom is 0.404 e. The largest absolute Gasteiger partial charge is 0.481 e. The van der Waals surface area contributed by atoms with Crippen molar-refractivity contribution in [3.8, 4) is 0 Å². The molecule has 0 radical (unpaired) electrons. The number of carboxylic acid groups (broad SMARTS) is 4. The molecule has 1 unspecified atom stereocenters. The molecule has 1 aliphatic heterocycles. The van der Waals surface area contributed by atoms with Crippen LogP contribution < -0.4 is 10.8 Å². The van der Waals surface area contributed by atoms with Crippen molar-refractivity contribution in [2.45, 2.75) is 56.3 Å². The topological polar surface area (TPSA) is 254 Å². The molecule has 1 aliphatic rings. The van der Waals surface area contributed by atoms with Gasteiger partial charge in [-0.25, -0.2) is 14.4 Å². The summed E-state index contributed by atoms with van der Waals surface area (Å²) in [5.41, 5.74) is 5.31. The van der Waals surface area contributed by atoms with Crippen molar-refractivity contribution in [2.24, 2.45) is 5.73 Å². The number of nitrogens with two attached hydrogens (primary N) is 1. The quantitative estimate of drug-likeness (QED) is 0.148. The average molecular weight is 469 g/mol. The van der Waals surface area contributed by atoms with Crippen LogP contribution in [0.15, 0.2) is 0 Å². The van der Waals surface area contributed by atoms with Gasteiger partial charge in [0.05, 0.1) is 6.10 Å². The number of hydrogen-bond acceptors (Lipinski definition) is 8. The van der Waals surface area contributed by atoms with Gasteiger partial charge in [0.1, 0.15) is 18.1 Å². The first kappa shape index (κ1) is 26.5. The van der Waals surface area contributed by atoms with Crippen LogP contribution >= 0.6 is 7.75 Å². The Morgan fingerprint density at radius 2 is 1.68 bits per heavy atom. The van der Waals surface area contributed by atoms with Gasteiger partial charge in [0.25, 0.3) is 0 Å². The summed E-state index contributed by atoms with van der Waals surface area (Å²) >= 11 is 0.